The highest BCUT2D eigenvalue weighted by atomic mass is 32.2. The molecule has 0 saturated carbocycles. The number of primary amides is 1. The first-order valence-electron chi connectivity index (χ1n) is 6.65. The molecule has 5 nitrogen and oxygen atoms in total. The third kappa shape index (κ3) is 5.51. The average Bonchev–Trinajstić information content (AvgIpc) is 2.45. The predicted molar refractivity (Wildman–Crippen MR) is 82.4 cm³/mol. The lowest BCUT2D eigenvalue weighted by molar-refractivity contribution is -0.123. The van der Waals surface area contributed by atoms with Crippen molar-refractivity contribution in [1.29, 1.82) is 0 Å². The van der Waals surface area contributed by atoms with Crippen LogP contribution in [0.2, 0.25) is 0 Å². The van der Waals surface area contributed by atoms with Gasteiger partial charge in [0.2, 0.25) is 5.91 Å². The van der Waals surface area contributed by atoms with Gasteiger partial charge in [0.1, 0.15) is 6.04 Å². The highest BCUT2D eigenvalue weighted by Gasteiger charge is 2.21. The summed E-state index contributed by atoms with van der Waals surface area (Å²) in [5, 5.41) is 5.02. The molecule has 0 aliphatic rings. The van der Waals surface area contributed by atoms with Crippen LogP contribution in [0.5, 0.6) is 0 Å². The molecular weight excluding hydrogens is 312 g/mol. The van der Waals surface area contributed by atoms with E-state index in [2.05, 4.69) is 10.6 Å². The van der Waals surface area contributed by atoms with E-state index < -0.39 is 35.7 Å². The van der Waals surface area contributed by atoms with Crippen LogP contribution in [0, 0.1) is 11.6 Å². The summed E-state index contributed by atoms with van der Waals surface area (Å²) in [7, 11) is 0. The van der Waals surface area contributed by atoms with Crippen LogP contribution in [0.15, 0.2) is 18.2 Å². The van der Waals surface area contributed by atoms with Crippen LogP contribution in [-0.4, -0.2) is 30.0 Å². The Morgan fingerprint density at radius 2 is 1.95 bits per heavy atom. The van der Waals surface area contributed by atoms with Crippen molar-refractivity contribution in [2.75, 3.05) is 12.0 Å². The molecule has 0 fully saturated rings. The van der Waals surface area contributed by atoms with Gasteiger partial charge in [-0.2, -0.15) is 11.8 Å². The molecule has 0 unspecified atom stereocenters. The van der Waals surface area contributed by atoms with Crippen molar-refractivity contribution < 1.29 is 18.4 Å². The van der Waals surface area contributed by atoms with Gasteiger partial charge in [0.25, 0.3) is 0 Å². The molecule has 0 aliphatic heterocycles. The van der Waals surface area contributed by atoms with Crippen LogP contribution in [0.1, 0.15) is 24.9 Å². The summed E-state index contributed by atoms with van der Waals surface area (Å²) < 4.78 is 26.1. The van der Waals surface area contributed by atoms with E-state index in [9.17, 15) is 18.4 Å². The van der Waals surface area contributed by atoms with E-state index in [-0.39, 0.29) is 0 Å². The van der Waals surface area contributed by atoms with Crippen LogP contribution >= 0.6 is 11.8 Å². The fraction of sp³-hybridized carbons (Fsp3) is 0.429. The van der Waals surface area contributed by atoms with Crippen LogP contribution < -0.4 is 16.4 Å². The summed E-state index contributed by atoms with van der Waals surface area (Å²) in [5.74, 6) is -1.69. The number of rotatable bonds is 7. The van der Waals surface area contributed by atoms with Crippen molar-refractivity contribution >= 4 is 23.7 Å². The third-order valence-electron chi connectivity index (χ3n) is 3.05. The number of thioether (sulfide) groups is 1. The van der Waals surface area contributed by atoms with Gasteiger partial charge < -0.3 is 16.4 Å². The third-order valence-corrected chi connectivity index (χ3v) is 3.69. The van der Waals surface area contributed by atoms with Gasteiger partial charge in [-0.25, -0.2) is 13.6 Å². The van der Waals surface area contributed by atoms with Crippen LogP contribution in [0.3, 0.4) is 0 Å². The number of urea groups is 1. The second-order valence-electron chi connectivity index (χ2n) is 4.75. The predicted octanol–water partition coefficient (Wildman–Crippen LogP) is 1.93. The monoisotopic (exact) mass is 331 g/mol. The van der Waals surface area contributed by atoms with E-state index >= 15 is 0 Å². The Kier molecular flexibility index (Phi) is 7.10. The van der Waals surface area contributed by atoms with Gasteiger partial charge >= 0.3 is 6.03 Å². The summed E-state index contributed by atoms with van der Waals surface area (Å²) >= 11 is 1.53. The summed E-state index contributed by atoms with van der Waals surface area (Å²) in [6.45, 7) is 1.64. The molecule has 2 atom stereocenters. The quantitative estimate of drug-likeness (QED) is 0.714. The second kappa shape index (κ2) is 8.57. The van der Waals surface area contributed by atoms with E-state index in [1.165, 1.54) is 17.8 Å². The first-order chi connectivity index (χ1) is 10.3. The summed E-state index contributed by atoms with van der Waals surface area (Å²) in [6.07, 6.45) is 2.30. The van der Waals surface area contributed by atoms with Crippen molar-refractivity contribution in [2.45, 2.75) is 25.4 Å². The zero-order chi connectivity index (χ0) is 16.7. The lowest BCUT2D eigenvalue weighted by Gasteiger charge is -2.20. The van der Waals surface area contributed by atoms with Crippen molar-refractivity contribution in [1.82, 2.24) is 10.6 Å². The van der Waals surface area contributed by atoms with E-state index in [1.54, 1.807) is 6.92 Å². The molecule has 4 N–H and O–H groups in total. The van der Waals surface area contributed by atoms with Crippen LogP contribution in [-0.2, 0) is 4.79 Å². The lowest BCUT2D eigenvalue weighted by atomic mass is 10.1. The highest BCUT2D eigenvalue weighted by molar-refractivity contribution is 7.98. The van der Waals surface area contributed by atoms with Crippen LogP contribution in [0.25, 0.3) is 0 Å². The van der Waals surface area contributed by atoms with Crippen LogP contribution in [0.4, 0.5) is 13.6 Å². The van der Waals surface area contributed by atoms with E-state index in [0.717, 1.165) is 12.1 Å². The Labute approximate surface area is 132 Å². The molecule has 0 aromatic heterocycles. The second-order valence-corrected chi connectivity index (χ2v) is 5.73. The molecule has 1 rings (SSSR count). The Bertz CT molecular complexity index is 543. The minimum Gasteiger partial charge on any atom is -0.352 e. The number of carbonyl (C=O) groups excluding carboxylic acids is 2. The van der Waals surface area contributed by atoms with Crippen molar-refractivity contribution in [3.8, 4) is 0 Å². The highest BCUT2D eigenvalue weighted by Crippen LogP contribution is 2.16. The normalized spacial score (nSPS) is 13.3. The lowest BCUT2D eigenvalue weighted by Crippen LogP contribution is -2.49. The number of nitrogens with two attached hydrogens (primary N) is 1. The maximum absolute atomic E-state index is 13.2. The molecule has 0 heterocycles. The van der Waals surface area contributed by atoms with Gasteiger partial charge in [0, 0.05) is 0 Å². The van der Waals surface area contributed by atoms with Crippen molar-refractivity contribution in [3.05, 3.63) is 35.4 Å². The topological polar surface area (TPSA) is 84.2 Å². The molecule has 0 bridgehead atoms. The van der Waals surface area contributed by atoms with E-state index in [0.29, 0.717) is 17.7 Å². The molecule has 22 heavy (non-hydrogen) atoms. The Morgan fingerprint density at radius 3 is 2.50 bits per heavy atom. The summed E-state index contributed by atoms with van der Waals surface area (Å²) in [5.41, 5.74) is 5.48. The Hall–Kier alpha value is -1.83. The number of carbonyl (C=O) groups is 2. The van der Waals surface area contributed by atoms with E-state index in [4.69, 9.17) is 5.73 Å². The maximum Gasteiger partial charge on any atom is 0.312 e. The molecule has 0 aliphatic carbocycles. The van der Waals surface area contributed by atoms with Gasteiger partial charge in [-0.15, -0.1) is 0 Å². The number of nitrogens with one attached hydrogen (secondary N) is 2. The minimum atomic E-state index is -0.979. The first-order valence-corrected chi connectivity index (χ1v) is 8.04. The molecule has 122 valence electrons. The number of halogens is 2. The number of hydrogen-bond donors (Lipinski definition) is 3. The molecular formula is C14H19F2N3O2S. The molecule has 1 aromatic carbocycles. The van der Waals surface area contributed by atoms with Crippen molar-refractivity contribution in [3.63, 3.8) is 0 Å². The average molecular weight is 331 g/mol. The Balaban J connectivity index is 2.73. The molecule has 8 heteroatoms. The standard InChI is InChI=1S/C14H19F2N3O2S/c1-8(9-3-4-10(15)11(16)7-9)18-13(20)12(5-6-22-2)19-14(17)21/h3-4,7-8,12H,5-6H2,1-2H3,(H,18,20)(H3,17,19,21)/t8-,12+/m0/s1. The SMILES string of the molecule is CSCC[C@@H](NC(N)=O)C(=O)N[C@@H](C)c1ccc(F)c(F)c1. The van der Waals surface area contributed by atoms with Gasteiger partial charge in [-0.1, -0.05) is 6.07 Å². The van der Waals surface area contributed by atoms with Gasteiger partial charge in [-0.05, 0) is 43.0 Å². The fourth-order valence-electron chi connectivity index (χ4n) is 1.86. The number of amides is 3. The molecule has 3 amide bonds. The smallest absolute Gasteiger partial charge is 0.312 e. The molecule has 0 radical (unpaired) electrons. The maximum atomic E-state index is 13.2. The zero-order valence-corrected chi connectivity index (χ0v) is 13.2. The summed E-state index contributed by atoms with van der Waals surface area (Å²) in [6, 6.07) is 1.33. The molecule has 0 saturated heterocycles. The van der Waals surface area contributed by atoms with Crippen molar-refractivity contribution in [2.24, 2.45) is 5.73 Å². The van der Waals surface area contributed by atoms with Gasteiger partial charge in [0.05, 0.1) is 6.04 Å². The van der Waals surface area contributed by atoms with Gasteiger partial charge in [-0.3, -0.25) is 4.79 Å². The number of hydrogen-bond acceptors (Lipinski definition) is 3. The van der Waals surface area contributed by atoms with Gasteiger partial charge in [0.15, 0.2) is 11.6 Å². The fourth-order valence-corrected chi connectivity index (χ4v) is 2.33. The molecule has 1 aromatic rings. The number of benzene rings is 1. The van der Waals surface area contributed by atoms with E-state index in [1.807, 2.05) is 6.26 Å². The first kappa shape index (κ1) is 18.2. The zero-order valence-electron chi connectivity index (χ0n) is 12.4. The minimum absolute atomic E-state index is 0.417. The Morgan fingerprint density at radius 1 is 1.27 bits per heavy atom. The summed E-state index contributed by atoms with van der Waals surface area (Å²) in [4.78, 5) is 23.1. The molecule has 0 spiro atoms. The largest absolute Gasteiger partial charge is 0.352 e.